The molecule has 3 aromatic heterocycles. The number of anilines is 1. The van der Waals surface area contributed by atoms with Crippen molar-refractivity contribution in [2.45, 2.75) is 41.0 Å². The van der Waals surface area contributed by atoms with Gasteiger partial charge < -0.3 is 24.5 Å². The molecule has 0 unspecified atom stereocenters. The smallest absolute Gasteiger partial charge is 0.224 e. The van der Waals surface area contributed by atoms with Crippen LogP contribution in [-0.2, 0) is 11.2 Å². The Labute approximate surface area is 241 Å². The van der Waals surface area contributed by atoms with Crippen molar-refractivity contribution in [1.29, 1.82) is 0 Å². The summed E-state index contributed by atoms with van der Waals surface area (Å²) in [5.41, 5.74) is 12.2. The van der Waals surface area contributed by atoms with E-state index in [9.17, 15) is 4.79 Å². The van der Waals surface area contributed by atoms with E-state index in [0.29, 0.717) is 31.2 Å². The topological polar surface area (TPSA) is 76.9 Å². The summed E-state index contributed by atoms with van der Waals surface area (Å²) >= 11 is 0. The van der Waals surface area contributed by atoms with Gasteiger partial charge in [0.15, 0.2) is 11.5 Å². The van der Waals surface area contributed by atoms with Crippen LogP contribution in [0.2, 0.25) is 0 Å². The van der Waals surface area contributed by atoms with Crippen molar-refractivity contribution < 1.29 is 14.3 Å². The Morgan fingerprint density at radius 1 is 0.951 bits per heavy atom. The largest absolute Gasteiger partial charge is 0.493 e. The normalized spacial score (nSPS) is 11.2. The van der Waals surface area contributed by atoms with Gasteiger partial charge in [-0.3, -0.25) is 9.78 Å². The maximum atomic E-state index is 12.7. The first-order chi connectivity index (χ1) is 19.8. The lowest BCUT2D eigenvalue weighted by Gasteiger charge is -2.14. The fourth-order valence-electron chi connectivity index (χ4n) is 5.73. The minimum absolute atomic E-state index is 0.0457. The van der Waals surface area contributed by atoms with E-state index in [1.807, 2.05) is 32.0 Å². The lowest BCUT2D eigenvalue weighted by Crippen LogP contribution is -2.30. The molecule has 0 saturated heterocycles. The second-order valence-corrected chi connectivity index (χ2v) is 10.5. The van der Waals surface area contributed by atoms with Gasteiger partial charge in [0.05, 0.1) is 42.4 Å². The molecule has 0 aliphatic carbocycles. The zero-order chi connectivity index (χ0) is 29.1. The molecule has 5 rings (SSSR count). The van der Waals surface area contributed by atoms with Gasteiger partial charge >= 0.3 is 0 Å². The van der Waals surface area contributed by atoms with Gasteiger partial charge in [0.2, 0.25) is 5.91 Å². The number of amides is 1. The Hall–Kier alpha value is -4.52. The third kappa shape index (κ3) is 5.85. The molecule has 0 fully saturated rings. The second kappa shape index (κ2) is 11.9. The summed E-state index contributed by atoms with van der Waals surface area (Å²) in [6.07, 6.45) is 2.36. The number of pyridine rings is 2. The van der Waals surface area contributed by atoms with E-state index in [1.54, 1.807) is 7.11 Å². The number of aryl methyl sites for hydroxylation is 4. The highest BCUT2D eigenvalue weighted by atomic mass is 16.5. The molecular formula is C34H38N4O3. The van der Waals surface area contributed by atoms with Crippen molar-refractivity contribution in [3.63, 3.8) is 0 Å². The maximum Gasteiger partial charge on any atom is 0.224 e. The maximum absolute atomic E-state index is 12.7. The number of carbonyl (C=O) groups is 1. The standard InChI is InChI=1S/C34H38N4O3/c1-7-41-30-11-10-25(18-31(30)40-6)19-32(39)36-13-12-35-27-17-24(5)37-28-20-29-26(9-8-14-38(29)34(27)28)33-22(3)15-21(2)16-23(33)4/h8-11,14-18,20H,7,12-13,19H2,1-6H3,(H,35,37)(H,36,39). The monoisotopic (exact) mass is 550 g/mol. The van der Waals surface area contributed by atoms with Gasteiger partial charge in [-0.2, -0.15) is 0 Å². The van der Waals surface area contributed by atoms with Crippen molar-refractivity contribution in [3.05, 3.63) is 88.7 Å². The fourth-order valence-corrected chi connectivity index (χ4v) is 5.73. The SMILES string of the molecule is CCOc1ccc(CC(=O)NCCNc2cc(C)nc3cc4c(-c5c(C)cc(C)cc5C)cccn4c23)cc1OC. The molecule has 212 valence electrons. The number of rotatable bonds is 10. The van der Waals surface area contributed by atoms with Gasteiger partial charge in [-0.05, 0) is 87.2 Å². The van der Waals surface area contributed by atoms with Gasteiger partial charge in [-0.1, -0.05) is 29.8 Å². The minimum Gasteiger partial charge on any atom is -0.493 e. The zero-order valence-electron chi connectivity index (χ0n) is 24.7. The summed E-state index contributed by atoms with van der Waals surface area (Å²) in [4.78, 5) is 17.5. The molecule has 0 radical (unpaired) electrons. The number of hydrogen-bond acceptors (Lipinski definition) is 5. The van der Waals surface area contributed by atoms with E-state index in [0.717, 1.165) is 33.5 Å². The minimum atomic E-state index is -0.0457. The lowest BCUT2D eigenvalue weighted by molar-refractivity contribution is -0.120. The first-order valence-corrected chi connectivity index (χ1v) is 14.1. The number of hydrogen-bond donors (Lipinski definition) is 2. The number of benzene rings is 2. The fraction of sp³-hybridized carbons (Fsp3) is 0.294. The molecule has 7 heteroatoms. The Bertz CT molecular complexity index is 1710. The van der Waals surface area contributed by atoms with Crippen LogP contribution in [0.5, 0.6) is 11.5 Å². The van der Waals surface area contributed by atoms with E-state index < -0.39 is 0 Å². The van der Waals surface area contributed by atoms with Gasteiger partial charge in [0, 0.05) is 30.5 Å². The first kappa shape index (κ1) is 28.0. The summed E-state index contributed by atoms with van der Waals surface area (Å²) in [5, 5.41) is 6.57. The highest BCUT2D eigenvalue weighted by Crippen LogP contribution is 2.36. The van der Waals surface area contributed by atoms with Crippen LogP contribution in [0.1, 0.15) is 34.9 Å². The van der Waals surface area contributed by atoms with Crippen molar-refractivity contribution in [2.75, 3.05) is 32.1 Å². The van der Waals surface area contributed by atoms with Crippen LogP contribution in [0.25, 0.3) is 27.7 Å². The van der Waals surface area contributed by atoms with Crippen LogP contribution in [0, 0.1) is 27.7 Å². The summed E-state index contributed by atoms with van der Waals surface area (Å²) in [7, 11) is 1.60. The zero-order valence-corrected chi connectivity index (χ0v) is 24.7. The van der Waals surface area contributed by atoms with Crippen LogP contribution in [0.15, 0.2) is 60.8 Å². The van der Waals surface area contributed by atoms with Gasteiger partial charge in [0.1, 0.15) is 0 Å². The molecule has 0 atom stereocenters. The third-order valence-electron chi connectivity index (χ3n) is 7.30. The molecule has 2 aromatic carbocycles. The Balaban J connectivity index is 1.33. The van der Waals surface area contributed by atoms with E-state index >= 15 is 0 Å². The number of nitrogens with one attached hydrogen (secondary N) is 2. The molecule has 0 aliphatic rings. The van der Waals surface area contributed by atoms with Gasteiger partial charge in [-0.15, -0.1) is 0 Å². The van der Waals surface area contributed by atoms with E-state index in [-0.39, 0.29) is 12.3 Å². The molecule has 7 nitrogen and oxygen atoms in total. The number of ether oxygens (including phenoxy) is 2. The Morgan fingerprint density at radius 3 is 2.46 bits per heavy atom. The van der Waals surface area contributed by atoms with E-state index in [2.05, 4.69) is 78.4 Å². The predicted octanol–water partition coefficient (Wildman–Crippen LogP) is 6.57. The average Bonchev–Trinajstić information content (AvgIpc) is 3.30. The van der Waals surface area contributed by atoms with Crippen molar-refractivity contribution in [3.8, 4) is 22.6 Å². The number of aromatic nitrogens is 2. The predicted molar refractivity (Wildman–Crippen MR) is 166 cm³/mol. The summed E-state index contributed by atoms with van der Waals surface area (Å²) < 4.78 is 13.2. The van der Waals surface area contributed by atoms with E-state index in [4.69, 9.17) is 14.5 Å². The van der Waals surface area contributed by atoms with Crippen LogP contribution >= 0.6 is 0 Å². The molecule has 0 saturated carbocycles. The summed E-state index contributed by atoms with van der Waals surface area (Å²) in [6.45, 7) is 12.1. The van der Waals surface area contributed by atoms with Crippen LogP contribution in [0.4, 0.5) is 5.69 Å². The van der Waals surface area contributed by atoms with Crippen LogP contribution in [-0.4, -0.2) is 42.1 Å². The highest BCUT2D eigenvalue weighted by Gasteiger charge is 2.16. The van der Waals surface area contributed by atoms with Crippen molar-refractivity contribution in [2.24, 2.45) is 0 Å². The molecular weight excluding hydrogens is 512 g/mol. The summed E-state index contributed by atoms with van der Waals surface area (Å²) in [5.74, 6) is 1.26. The molecule has 41 heavy (non-hydrogen) atoms. The average molecular weight is 551 g/mol. The van der Waals surface area contributed by atoms with Crippen molar-refractivity contribution >= 4 is 28.1 Å². The number of fused-ring (bicyclic) bond motifs is 3. The van der Waals surface area contributed by atoms with Crippen LogP contribution < -0.4 is 20.1 Å². The Kier molecular flexibility index (Phi) is 8.15. The number of carbonyl (C=O) groups excluding carboxylic acids is 1. The second-order valence-electron chi connectivity index (χ2n) is 10.5. The molecule has 0 spiro atoms. The number of nitrogens with zero attached hydrogens (tertiary/aromatic N) is 2. The van der Waals surface area contributed by atoms with Crippen LogP contribution in [0.3, 0.4) is 0 Å². The third-order valence-corrected chi connectivity index (χ3v) is 7.30. The molecule has 2 N–H and O–H groups in total. The van der Waals surface area contributed by atoms with Gasteiger partial charge in [0.25, 0.3) is 0 Å². The highest BCUT2D eigenvalue weighted by molar-refractivity contribution is 5.98. The molecule has 0 bridgehead atoms. The van der Waals surface area contributed by atoms with E-state index in [1.165, 1.54) is 27.8 Å². The molecule has 0 aliphatic heterocycles. The van der Waals surface area contributed by atoms with Gasteiger partial charge in [-0.25, -0.2) is 0 Å². The lowest BCUT2D eigenvalue weighted by atomic mass is 9.94. The first-order valence-electron chi connectivity index (χ1n) is 14.1. The summed E-state index contributed by atoms with van der Waals surface area (Å²) in [6, 6.07) is 18.6. The number of methoxy groups -OCH3 is 1. The Morgan fingerprint density at radius 2 is 1.73 bits per heavy atom. The molecule has 1 amide bonds. The molecule has 5 aromatic rings. The van der Waals surface area contributed by atoms with Crippen molar-refractivity contribution in [1.82, 2.24) is 14.7 Å². The molecule has 3 heterocycles. The quantitative estimate of drug-likeness (QED) is 0.193.